The third-order valence-electron chi connectivity index (χ3n) is 5.84. The Labute approximate surface area is 205 Å². The average Bonchev–Trinajstić information content (AvgIpc) is 3.27. The summed E-state index contributed by atoms with van der Waals surface area (Å²) in [5.74, 6) is -1.10. The van der Waals surface area contributed by atoms with E-state index in [1.54, 1.807) is 23.6 Å². The first-order valence-corrected chi connectivity index (χ1v) is 11.5. The van der Waals surface area contributed by atoms with Crippen LogP contribution in [0.1, 0.15) is 32.7 Å². The largest absolute Gasteiger partial charge is 0.416 e. The zero-order valence-corrected chi connectivity index (χ0v) is 19.5. The molecule has 0 saturated heterocycles. The van der Waals surface area contributed by atoms with Crippen LogP contribution in [0.3, 0.4) is 0 Å². The molecule has 0 radical (unpaired) electrons. The summed E-state index contributed by atoms with van der Waals surface area (Å²) in [5.41, 5.74) is 7.10. The summed E-state index contributed by atoms with van der Waals surface area (Å²) in [6.07, 6.45) is -2.13. The van der Waals surface area contributed by atoms with E-state index < -0.39 is 23.5 Å². The Balaban J connectivity index is 1.55. The number of fused-ring (bicyclic) bond motifs is 2. The van der Waals surface area contributed by atoms with Gasteiger partial charge in [-0.25, -0.2) is 14.4 Å². The quantitative estimate of drug-likeness (QED) is 0.283. The first-order valence-electron chi connectivity index (χ1n) is 10.7. The number of benzene rings is 2. The molecule has 5 aromatic rings. The number of halogens is 4. The lowest BCUT2D eigenvalue weighted by Gasteiger charge is -2.16. The van der Waals surface area contributed by atoms with Gasteiger partial charge in [0.15, 0.2) is 0 Å². The number of nitrogen functional groups attached to an aromatic ring is 1. The fourth-order valence-electron chi connectivity index (χ4n) is 4.09. The number of aromatic nitrogens is 3. The fourth-order valence-corrected chi connectivity index (χ4v) is 4.99. The number of rotatable bonds is 4. The lowest BCUT2D eigenvalue weighted by atomic mass is 9.97. The van der Waals surface area contributed by atoms with E-state index in [0.29, 0.717) is 44.0 Å². The van der Waals surface area contributed by atoms with E-state index in [1.165, 1.54) is 23.9 Å². The molecule has 36 heavy (non-hydrogen) atoms. The van der Waals surface area contributed by atoms with Crippen molar-refractivity contribution in [2.45, 2.75) is 19.5 Å². The predicted molar refractivity (Wildman–Crippen MR) is 130 cm³/mol. The van der Waals surface area contributed by atoms with E-state index >= 15 is 0 Å². The van der Waals surface area contributed by atoms with Gasteiger partial charge in [0.2, 0.25) is 0 Å². The maximum Gasteiger partial charge on any atom is 0.416 e. The number of carbonyl (C=O) groups is 1. The van der Waals surface area contributed by atoms with E-state index in [1.807, 2.05) is 6.92 Å². The molecule has 2 aromatic carbocycles. The normalized spacial score (nSPS) is 11.8. The number of amides is 1. The number of nitrogens with one attached hydrogen (secondary N) is 1. The zero-order valence-electron chi connectivity index (χ0n) is 18.7. The van der Waals surface area contributed by atoms with Crippen LogP contribution in [0.2, 0.25) is 0 Å². The zero-order chi connectivity index (χ0) is 25.6. The molecular weight excluding hydrogens is 494 g/mol. The minimum atomic E-state index is -4.71. The Bertz CT molecular complexity index is 1650. The highest BCUT2D eigenvalue weighted by atomic mass is 32.1. The summed E-state index contributed by atoms with van der Waals surface area (Å²) >= 11 is 1.26. The molecule has 0 spiro atoms. The average molecular weight is 512 g/mol. The second-order valence-corrected chi connectivity index (χ2v) is 9.01. The SMILES string of the molecule is Cc1ccc2c(Cc3ccc(F)cc3C(F)(F)F)nccc2c1NC(=O)c1csc2c(N)ncnc12. The van der Waals surface area contributed by atoms with Gasteiger partial charge in [0, 0.05) is 28.8 Å². The summed E-state index contributed by atoms with van der Waals surface area (Å²) in [4.78, 5) is 25.6. The van der Waals surface area contributed by atoms with Gasteiger partial charge in [-0.2, -0.15) is 13.2 Å². The van der Waals surface area contributed by atoms with Crippen LogP contribution in [0.4, 0.5) is 29.1 Å². The highest BCUT2D eigenvalue weighted by Gasteiger charge is 2.34. The van der Waals surface area contributed by atoms with Crippen molar-refractivity contribution in [3.8, 4) is 0 Å². The maximum atomic E-state index is 13.6. The van der Waals surface area contributed by atoms with E-state index in [4.69, 9.17) is 5.73 Å². The molecule has 0 aliphatic rings. The number of pyridine rings is 1. The van der Waals surface area contributed by atoms with Gasteiger partial charge in [0.1, 0.15) is 18.0 Å². The summed E-state index contributed by atoms with van der Waals surface area (Å²) in [6.45, 7) is 1.81. The van der Waals surface area contributed by atoms with E-state index in [0.717, 1.165) is 17.7 Å². The van der Waals surface area contributed by atoms with Gasteiger partial charge in [-0.1, -0.05) is 18.2 Å². The van der Waals surface area contributed by atoms with Crippen molar-refractivity contribution in [3.05, 3.63) is 88.1 Å². The summed E-state index contributed by atoms with van der Waals surface area (Å²) < 4.78 is 54.7. The Hall–Kier alpha value is -4.12. The molecule has 0 fully saturated rings. The second-order valence-electron chi connectivity index (χ2n) is 8.13. The Morgan fingerprint density at radius 3 is 2.67 bits per heavy atom. The van der Waals surface area contributed by atoms with E-state index in [2.05, 4.69) is 20.3 Å². The maximum absolute atomic E-state index is 13.6. The van der Waals surface area contributed by atoms with Crippen LogP contribution in [0.5, 0.6) is 0 Å². The van der Waals surface area contributed by atoms with Crippen LogP contribution >= 0.6 is 11.3 Å². The minimum absolute atomic E-state index is 0.0999. The standard InChI is InChI=1S/C25H17F4N5OS/c1-12-2-5-15-16(20(12)34-24(35)17-10-36-22-21(17)32-11-33-23(22)30)6-7-31-19(15)8-13-3-4-14(26)9-18(13)25(27,28)29/h2-7,9-11H,8H2,1H3,(H,34,35)(H2,30,32,33). The molecule has 6 nitrogen and oxygen atoms in total. The number of hydrogen-bond donors (Lipinski definition) is 2. The van der Waals surface area contributed by atoms with Crippen molar-refractivity contribution < 1.29 is 22.4 Å². The highest BCUT2D eigenvalue weighted by Crippen LogP contribution is 2.36. The second kappa shape index (κ2) is 8.83. The number of thiophene rings is 1. The number of nitrogens with zero attached hydrogens (tertiary/aromatic N) is 3. The molecule has 0 bridgehead atoms. The first-order chi connectivity index (χ1) is 17.1. The number of aryl methyl sites for hydroxylation is 1. The molecular formula is C25H17F4N5OS. The van der Waals surface area contributed by atoms with Crippen LogP contribution in [-0.4, -0.2) is 20.9 Å². The monoisotopic (exact) mass is 511 g/mol. The van der Waals surface area contributed by atoms with Gasteiger partial charge in [-0.05, 0) is 36.2 Å². The summed E-state index contributed by atoms with van der Waals surface area (Å²) in [6, 6.07) is 7.77. The van der Waals surface area contributed by atoms with Crippen molar-refractivity contribution in [2.75, 3.05) is 11.1 Å². The molecule has 3 N–H and O–H groups in total. The molecule has 11 heteroatoms. The number of nitrogens with two attached hydrogens (primary N) is 1. The number of hydrogen-bond acceptors (Lipinski definition) is 6. The van der Waals surface area contributed by atoms with E-state index in [-0.39, 0.29) is 17.8 Å². The third-order valence-corrected chi connectivity index (χ3v) is 6.83. The highest BCUT2D eigenvalue weighted by molar-refractivity contribution is 7.18. The Morgan fingerprint density at radius 1 is 1.08 bits per heavy atom. The van der Waals surface area contributed by atoms with Crippen LogP contribution in [0, 0.1) is 12.7 Å². The molecule has 3 aromatic heterocycles. The Morgan fingerprint density at radius 2 is 1.89 bits per heavy atom. The molecule has 0 unspecified atom stereocenters. The van der Waals surface area contributed by atoms with Crippen LogP contribution in [0.15, 0.2) is 54.3 Å². The van der Waals surface area contributed by atoms with Crippen molar-refractivity contribution in [2.24, 2.45) is 0 Å². The molecule has 182 valence electrons. The van der Waals surface area contributed by atoms with Crippen molar-refractivity contribution >= 4 is 49.7 Å². The number of alkyl halides is 3. The van der Waals surface area contributed by atoms with Crippen LogP contribution in [0.25, 0.3) is 21.0 Å². The van der Waals surface area contributed by atoms with Gasteiger partial charge < -0.3 is 11.1 Å². The van der Waals surface area contributed by atoms with Gasteiger partial charge >= 0.3 is 6.18 Å². The minimum Gasteiger partial charge on any atom is -0.382 e. The van der Waals surface area contributed by atoms with Gasteiger partial charge in [-0.15, -0.1) is 11.3 Å². The molecule has 3 heterocycles. The van der Waals surface area contributed by atoms with Crippen LogP contribution in [-0.2, 0) is 12.6 Å². The third kappa shape index (κ3) is 4.22. The fraction of sp³-hybridized carbons (Fsp3) is 0.120. The van der Waals surface area contributed by atoms with Crippen molar-refractivity contribution in [3.63, 3.8) is 0 Å². The van der Waals surface area contributed by atoms with Crippen molar-refractivity contribution in [1.29, 1.82) is 0 Å². The summed E-state index contributed by atoms with van der Waals surface area (Å²) in [7, 11) is 0. The van der Waals surface area contributed by atoms with Crippen LogP contribution < -0.4 is 11.1 Å². The van der Waals surface area contributed by atoms with Gasteiger partial charge in [0.25, 0.3) is 5.91 Å². The topological polar surface area (TPSA) is 93.8 Å². The molecule has 0 saturated carbocycles. The number of anilines is 2. The molecule has 0 atom stereocenters. The summed E-state index contributed by atoms with van der Waals surface area (Å²) in [5, 5.41) is 5.73. The molecule has 5 rings (SSSR count). The molecule has 0 aliphatic heterocycles. The van der Waals surface area contributed by atoms with Crippen molar-refractivity contribution in [1.82, 2.24) is 15.0 Å². The first kappa shape index (κ1) is 23.6. The van der Waals surface area contributed by atoms with E-state index in [9.17, 15) is 22.4 Å². The van der Waals surface area contributed by atoms with Gasteiger partial charge in [-0.3, -0.25) is 9.78 Å². The predicted octanol–water partition coefficient (Wildman–Crippen LogP) is 6.13. The molecule has 0 aliphatic carbocycles. The lowest BCUT2D eigenvalue weighted by molar-refractivity contribution is -0.138. The van der Waals surface area contributed by atoms with Gasteiger partial charge in [0.05, 0.1) is 32.7 Å². The Kier molecular flexibility index (Phi) is 5.79. The number of carbonyl (C=O) groups excluding carboxylic acids is 1. The molecule has 1 amide bonds. The smallest absolute Gasteiger partial charge is 0.382 e. The lowest BCUT2D eigenvalue weighted by Crippen LogP contribution is -2.13.